The van der Waals surface area contributed by atoms with Gasteiger partial charge in [0.15, 0.2) is 0 Å². The van der Waals surface area contributed by atoms with Gasteiger partial charge in [-0.3, -0.25) is 9.97 Å². The summed E-state index contributed by atoms with van der Waals surface area (Å²) in [7, 11) is 0. The summed E-state index contributed by atoms with van der Waals surface area (Å²) in [4.78, 5) is 23.3. The number of aromatic amines is 2. The van der Waals surface area contributed by atoms with E-state index >= 15 is 0 Å². The molecule has 0 bridgehead atoms. The number of hydrogen-bond acceptors (Lipinski definition) is 4. The molecule has 0 unspecified atom stereocenters. The minimum absolute atomic E-state index is 0.207. The first kappa shape index (κ1) is 7.87. The molecule has 0 saturated heterocycles. The van der Waals surface area contributed by atoms with Crippen molar-refractivity contribution >= 4 is 22.3 Å². The SMILES string of the molecule is O=S=c1[nH]c(=O)[nH]c2ncncc12. The Morgan fingerprint density at radius 3 is 3.00 bits per heavy atom. The Kier molecular flexibility index (Phi) is 1.78. The molecule has 0 fully saturated rings. The summed E-state index contributed by atoms with van der Waals surface area (Å²) in [6.45, 7) is 0. The smallest absolute Gasteiger partial charge is 0.296 e. The minimum atomic E-state index is -0.454. The van der Waals surface area contributed by atoms with Gasteiger partial charge in [-0.15, -0.1) is 0 Å². The molecule has 0 aliphatic heterocycles. The fourth-order valence-corrected chi connectivity index (χ4v) is 1.34. The maximum absolute atomic E-state index is 10.9. The third-order valence-corrected chi connectivity index (χ3v) is 1.99. The van der Waals surface area contributed by atoms with Gasteiger partial charge >= 0.3 is 5.69 Å². The first-order valence-electron chi connectivity index (χ1n) is 3.36. The lowest BCUT2D eigenvalue weighted by molar-refractivity contribution is 0.699. The van der Waals surface area contributed by atoms with Gasteiger partial charge in [0.2, 0.25) is 0 Å². The average molecular weight is 196 g/mol. The quantitative estimate of drug-likeness (QED) is 0.550. The lowest BCUT2D eigenvalue weighted by Crippen LogP contribution is -2.11. The Morgan fingerprint density at radius 2 is 2.23 bits per heavy atom. The molecule has 2 heterocycles. The van der Waals surface area contributed by atoms with Crippen LogP contribution in [0.2, 0.25) is 0 Å². The van der Waals surface area contributed by atoms with Crippen molar-refractivity contribution < 1.29 is 4.21 Å². The van der Waals surface area contributed by atoms with Crippen LogP contribution >= 0.6 is 0 Å². The largest absolute Gasteiger partial charge is 0.325 e. The molecular formula is C6H4N4O2S. The molecule has 7 heteroatoms. The molecule has 0 amide bonds. The first-order chi connectivity index (χ1) is 6.31. The fraction of sp³-hybridized carbons (Fsp3) is 0. The highest BCUT2D eigenvalue weighted by Gasteiger charge is 1.97. The van der Waals surface area contributed by atoms with Gasteiger partial charge in [0.1, 0.15) is 27.9 Å². The van der Waals surface area contributed by atoms with Gasteiger partial charge in [-0.1, -0.05) is 0 Å². The molecule has 0 radical (unpaired) electrons. The van der Waals surface area contributed by atoms with E-state index in [1.165, 1.54) is 12.5 Å². The Balaban J connectivity index is 3.17. The molecule has 2 aromatic heterocycles. The van der Waals surface area contributed by atoms with Crippen molar-refractivity contribution in [2.75, 3.05) is 0 Å². The van der Waals surface area contributed by atoms with E-state index in [1.54, 1.807) is 0 Å². The van der Waals surface area contributed by atoms with Crippen LogP contribution in [0.4, 0.5) is 0 Å². The van der Waals surface area contributed by atoms with Crippen molar-refractivity contribution in [1.82, 2.24) is 19.9 Å². The van der Waals surface area contributed by atoms with Crippen LogP contribution in [0.15, 0.2) is 17.3 Å². The highest BCUT2D eigenvalue weighted by Crippen LogP contribution is 2.01. The Morgan fingerprint density at radius 1 is 1.38 bits per heavy atom. The molecule has 0 saturated carbocycles. The van der Waals surface area contributed by atoms with Crippen molar-refractivity contribution in [3.05, 3.63) is 27.6 Å². The van der Waals surface area contributed by atoms with Gasteiger partial charge in [-0.2, -0.15) is 0 Å². The molecule has 66 valence electrons. The van der Waals surface area contributed by atoms with E-state index in [1.807, 2.05) is 0 Å². The van der Waals surface area contributed by atoms with E-state index in [0.717, 1.165) is 0 Å². The molecule has 2 rings (SSSR count). The Labute approximate surface area is 74.8 Å². The lowest BCUT2D eigenvalue weighted by atomic mass is 10.4. The summed E-state index contributed by atoms with van der Waals surface area (Å²) in [5.41, 5.74) is -0.0957. The van der Waals surface area contributed by atoms with Crippen LogP contribution in [-0.2, 0) is 11.3 Å². The third-order valence-electron chi connectivity index (χ3n) is 1.50. The molecule has 2 N–H and O–H groups in total. The summed E-state index contributed by atoms with van der Waals surface area (Å²) in [6.07, 6.45) is 2.77. The van der Waals surface area contributed by atoms with E-state index in [-0.39, 0.29) is 15.9 Å². The lowest BCUT2D eigenvalue weighted by Gasteiger charge is -1.92. The van der Waals surface area contributed by atoms with Gasteiger partial charge in [-0.25, -0.2) is 19.0 Å². The molecule has 0 aliphatic carbocycles. The summed E-state index contributed by atoms with van der Waals surface area (Å²) in [6, 6.07) is 0. The highest BCUT2D eigenvalue weighted by atomic mass is 32.1. The third kappa shape index (κ3) is 1.29. The summed E-state index contributed by atoms with van der Waals surface area (Å²) >= 11 is 0.207. The van der Waals surface area contributed by atoms with Gasteiger partial charge in [0.25, 0.3) is 0 Å². The molecular weight excluding hydrogens is 192 g/mol. The normalized spacial score (nSPS) is 10.2. The molecule has 2 aromatic rings. The van der Waals surface area contributed by atoms with Gasteiger partial charge in [0, 0.05) is 6.20 Å². The van der Waals surface area contributed by atoms with Gasteiger partial charge in [-0.05, 0) is 0 Å². The molecule has 0 spiro atoms. The van der Waals surface area contributed by atoms with Crippen molar-refractivity contribution in [3.8, 4) is 0 Å². The number of H-pyrrole nitrogens is 2. The Hall–Kier alpha value is -1.76. The number of hydrogen-bond donors (Lipinski definition) is 2. The van der Waals surface area contributed by atoms with E-state index in [0.29, 0.717) is 11.0 Å². The van der Waals surface area contributed by atoms with E-state index in [9.17, 15) is 9.00 Å². The first-order valence-corrected chi connectivity index (χ1v) is 4.10. The monoisotopic (exact) mass is 196 g/mol. The second-order valence-corrected chi connectivity index (χ2v) is 2.85. The van der Waals surface area contributed by atoms with Crippen LogP contribution < -0.4 is 5.69 Å². The van der Waals surface area contributed by atoms with Gasteiger partial charge in [0.05, 0.1) is 5.39 Å². The number of aromatic nitrogens is 4. The van der Waals surface area contributed by atoms with Crippen LogP contribution in [0, 0.1) is 4.64 Å². The van der Waals surface area contributed by atoms with Crippen molar-refractivity contribution in [2.45, 2.75) is 0 Å². The van der Waals surface area contributed by atoms with Crippen molar-refractivity contribution in [1.29, 1.82) is 0 Å². The summed E-state index contributed by atoms with van der Waals surface area (Å²) in [5.74, 6) is 0. The average Bonchev–Trinajstić information content (AvgIpc) is 2.16. The Bertz CT molecular complexity index is 595. The molecule has 6 nitrogen and oxygen atoms in total. The van der Waals surface area contributed by atoms with Gasteiger partial charge < -0.3 is 0 Å². The van der Waals surface area contributed by atoms with Crippen molar-refractivity contribution in [2.24, 2.45) is 0 Å². The topological polar surface area (TPSA) is 91.5 Å². The van der Waals surface area contributed by atoms with Crippen LogP contribution in [0.1, 0.15) is 0 Å². The number of nitrogens with one attached hydrogen (secondary N) is 2. The zero-order valence-electron chi connectivity index (χ0n) is 6.27. The number of rotatable bonds is 0. The standard InChI is InChI=1S/C6H4N4O2S/c11-6-9-4-3(1-7-2-8-4)5(10-6)13-12/h1-2H,(H2,7,8,9,10,11). The zero-order valence-corrected chi connectivity index (χ0v) is 7.09. The fourth-order valence-electron chi connectivity index (χ4n) is 0.970. The minimum Gasteiger partial charge on any atom is -0.296 e. The maximum Gasteiger partial charge on any atom is 0.325 e. The molecule has 0 atom stereocenters. The molecule has 13 heavy (non-hydrogen) atoms. The second kappa shape index (κ2) is 2.94. The molecule has 0 aliphatic rings. The highest BCUT2D eigenvalue weighted by molar-refractivity contribution is 7.57. The van der Waals surface area contributed by atoms with Crippen molar-refractivity contribution in [3.63, 3.8) is 0 Å². The summed E-state index contributed by atoms with van der Waals surface area (Å²) < 4.78 is 10.8. The predicted molar refractivity (Wildman–Crippen MR) is 45.9 cm³/mol. The van der Waals surface area contributed by atoms with Crippen LogP contribution in [0.3, 0.4) is 0 Å². The second-order valence-electron chi connectivity index (χ2n) is 2.28. The maximum atomic E-state index is 10.9. The number of nitrogens with zero attached hydrogens (tertiary/aromatic N) is 2. The van der Waals surface area contributed by atoms with Crippen LogP contribution in [-0.4, -0.2) is 24.1 Å². The van der Waals surface area contributed by atoms with Crippen LogP contribution in [0.25, 0.3) is 11.0 Å². The zero-order chi connectivity index (χ0) is 9.26. The number of fused-ring (bicyclic) bond motifs is 1. The van der Waals surface area contributed by atoms with E-state index in [2.05, 4.69) is 19.9 Å². The van der Waals surface area contributed by atoms with Crippen LogP contribution in [0.5, 0.6) is 0 Å². The molecule has 0 aromatic carbocycles. The van der Waals surface area contributed by atoms with E-state index in [4.69, 9.17) is 0 Å². The summed E-state index contributed by atoms with van der Waals surface area (Å²) in [5, 5.41) is 0.516. The van der Waals surface area contributed by atoms with E-state index < -0.39 is 5.69 Å². The predicted octanol–water partition coefficient (Wildman–Crippen LogP) is -0.609.